The molecule has 3 aromatic rings. The molecule has 3 nitrogen and oxygen atoms in total. The number of nitrogens with zero attached hydrogens (tertiary/aromatic N) is 3. The van der Waals surface area contributed by atoms with Crippen LogP contribution in [0.2, 0.25) is 0 Å². The molecule has 2 aromatic carbocycles. The summed E-state index contributed by atoms with van der Waals surface area (Å²) in [4.78, 5) is 12.4. The molecule has 0 bridgehead atoms. The van der Waals surface area contributed by atoms with E-state index in [1.807, 2.05) is 0 Å². The average molecular weight is 343 g/mol. The normalized spacial score (nSPS) is 14.7. The summed E-state index contributed by atoms with van der Waals surface area (Å²) < 4.78 is 0. The minimum atomic E-state index is 0.781. The number of hydrogen-bond acceptors (Lipinski definition) is 3. The first kappa shape index (κ1) is 16.9. The molecule has 132 valence electrons. The van der Waals surface area contributed by atoms with Gasteiger partial charge in [0, 0.05) is 42.8 Å². The molecule has 0 aliphatic carbocycles. The molecule has 1 aromatic heterocycles. The lowest BCUT2D eigenvalue weighted by Gasteiger charge is -2.14. The van der Waals surface area contributed by atoms with Gasteiger partial charge in [-0.3, -0.25) is 0 Å². The first-order chi connectivity index (χ1) is 12.7. The van der Waals surface area contributed by atoms with Crippen molar-refractivity contribution in [2.45, 2.75) is 26.2 Å². The van der Waals surface area contributed by atoms with Crippen molar-refractivity contribution < 1.29 is 0 Å². The van der Waals surface area contributed by atoms with Gasteiger partial charge in [0.05, 0.1) is 5.69 Å². The quantitative estimate of drug-likeness (QED) is 0.718. The summed E-state index contributed by atoms with van der Waals surface area (Å²) in [6.07, 6.45) is 2.79. The van der Waals surface area contributed by atoms with Crippen molar-refractivity contribution in [1.29, 1.82) is 0 Å². The molecule has 0 atom stereocenters. The van der Waals surface area contributed by atoms with Gasteiger partial charge in [0.1, 0.15) is 5.82 Å². The van der Waals surface area contributed by atoms with Crippen LogP contribution < -0.4 is 0 Å². The van der Waals surface area contributed by atoms with Crippen LogP contribution in [0.1, 0.15) is 28.2 Å². The second-order valence-electron chi connectivity index (χ2n) is 7.25. The minimum absolute atomic E-state index is 0.781. The lowest BCUT2D eigenvalue weighted by atomic mass is 9.99. The standard InChI is InChI=1S/C23H25N3/c1-17-8-10-19(11-9-17)23-20-12-14-26(2)15-13-21(20)24-22(25-23)16-18-6-4-3-5-7-18/h3-11H,12-16H2,1-2H3. The molecule has 3 heteroatoms. The Morgan fingerprint density at radius 2 is 1.62 bits per heavy atom. The molecule has 0 saturated heterocycles. The Bertz CT molecular complexity index is 885. The summed E-state index contributed by atoms with van der Waals surface area (Å²) in [5.41, 5.74) is 7.41. The Balaban J connectivity index is 1.79. The van der Waals surface area contributed by atoms with Gasteiger partial charge in [0.2, 0.25) is 0 Å². The Hall–Kier alpha value is -2.52. The second kappa shape index (κ2) is 7.38. The Kier molecular flexibility index (Phi) is 4.81. The van der Waals surface area contributed by atoms with Crippen LogP contribution in [0.3, 0.4) is 0 Å². The van der Waals surface area contributed by atoms with E-state index in [0.29, 0.717) is 0 Å². The van der Waals surface area contributed by atoms with Gasteiger partial charge in [0.25, 0.3) is 0 Å². The molecule has 1 aliphatic rings. The summed E-state index contributed by atoms with van der Waals surface area (Å²) in [6.45, 7) is 4.25. The monoisotopic (exact) mass is 343 g/mol. The van der Waals surface area contributed by atoms with E-state index in [1.165, 1.54) is 27.9 Å². The molecule has 2 heterocycles. The first-order valence-electron chi connectivity index (χ1n) is 9.37. The fraction of sp³-hybridized carbons (Fsp3) is 0.304. The number of fused-ring (bicyclic) bond motifs is 1. The van der Waals surface area contributed by atoms with Crippen molar-refractivity contribution >= 4 is 0 Å². The maximum absolute atomic E-state index is 5.02. The van der Waals surface area contributed by atoms with Crippen LogP contribution in [0.25, 0.3) is 11.3 Å². The van der Waals surface area contributed by atoms with E-state index in [9.17, 15) is 0 Å². The van der Waals surface area contributed by atoms with Crippen LogP contribution >= 0.6 is 0 Å². The number of aromatic nitrogens is 2. The zero-order chi connectivity index (χ0) is 17.9. The zero-order valence-corrected chi connectivity index (χ0v) is 15.6. The summed E-state index contributed by atoms with van der Waals surface area (Å²) in [5.74, 6) is 0.926. The first-order valence-corrected chi connectivity index (χ1v) is 9.37. The molecular formula is C23H25N3. The highest BCUT2D eigenvalue weighted by Crippen LogP contribution is 2.27. The molecule has 0 N–H and O–H groups in total. The topological polar surface area (TPSA) is 29.0 Å². The fourth-order valence-electron chi connectivity index (χ4n) is 3.57. The predicted molar refractivity (Wildman–Crippen MR) is 106 cm³/mol. The lowest BCUT2D eigenvalue weighted by Crippen LogP contribution is -2.20. The molecular weight excluding hydrogens is 318 g/mol. The Morgan fingerprint density at radius 3 is 2.38 bits per heavy atom. The lowest BCUT2D eigenvalue weighted by molar-refractivity contribution is 0.352. The van der Waals surface area contributed by atoms with Gasteiger partial charge >= 0.3 is 0 Å². The summed E-state index contributed by atoms with van der Waals surface area (Å²) in [6, 6.07) is 19.2. The molecule has 0 amide bonds. The van der Waals surface area contributed by atoms with Gasteiger partial charge < -0.3 is 4.90 Å². The highest BCUT2D eigenvalue weighted by Gasteiger charge is 2.19. The van der Waals surface area contributed by atoms with E-state index in [4.69, 9.17) is 9.97 Å². The van der Waals surface area contributed by atoms with E-state index in [0.717, 1.165) is 43.9 Å². The number of rotatable bonds is 3. The van der Waals surface area contributed by atoms with Gasteiger partial charge in [-0.25, -0.2) is 9.97 Å². The third-order valence-electron chi connectivity index (χ3n) is 5.14. The van der Waals surface area contributed by atoms with E-state index in [2.05, 4.69) is 73.5 Å². The van der Waals surface area contributed by atoms with E-state index < -0.39 is 0 Å². The van der Waals surface area contributed by atoms with E-state index in [-0.39, 0.29) is 0 Å². The molecule has 1 aliphatic heterocycles. The highest BCUT2D eigenvalue weighted by atomic mass is 15.1. The summed E-state index contributed by atoms with van der Waals surface area (Å²) >= 11 is 0. The van der Waals surface area contributed by atoms with Crippen LogP contribution in [0.15, 0.2) is 54.6 Å². The van der Waals surface area contributed by atoms with Gasteiger partial charge in [-0.15, -0.1) is 0 Å². The molecule has 0 fully saturated rings. The van der Waals surface area contributed by atoms with Crippen LogP contribution in [-0.2, 0) is 19.3 Å². The van der Waals surface area contributed by atoms with Crippen LogP contribution in [-0.4, -0.2) is 35.0 Å². The van der Waals surface area contributed by atoms with Gasteiger partial charge in [-0.2, -0.15) is 0 Å². The predicted octanol–water partition coefficient (Wildman–Crippen LogP) is 4.07. The minimum Gasteiger partial charge on any atom is -0.306 e. The van der Waals surface area contributed by atoms with Crippen molar-refractivity contribution in [3.05, 3.63) is 82.8 Å². The SMILES string of the molecule is Cc1ccc(-c2nc(Cc3ccccc3)nc3c2CCN(C)CC3)cc1. The summed E-state index contributed by atoms with van der Waals surface area (Å²) in [5, 5.41) is 0. The Morgan fingerprint density at radius 1 is 0.885 bits per heavy atom. The molecule has 0 unspecified atom stereocenters. The Labute approximate surface area is 155 Å². The molecule has 0 spiro atoms. The maximum Gasteiger partial charge on any atom is 0.133 e. The number of aryl methyl sites for hydroxylation is 1. The largest absolute Gasteiger partial charge is 0.306 e. The van der Waals surface area contributed by atoms with Crippen molar-refractivity contribution in [3.8, 4) is 11.3 Å². The van der Waals surface area contributed by atoms with Crippen molar-refractivity contribution in [1.82, 2.24) is 14.9 Å². The highest BCUT2D eigenvalue weighted by molar-refractivity contribution is 5.64. The molecule has 0 saturated carbocycles. The molecule has 0 radical (unpaired) electrons. The third-order valence-corrected chi connectivity index (χ3v) is 5.14. The number of likely N-dealkylation sites (N-methyl/N-ethyl adjacent to an activating group) is 1. The molecule has 26 heavy (non-hydrogen) atoms. The second-order valence-corrected chi connectivity index (χ2v) is 7.25. The van der Waals surface area contributed by atoms with Gasteiger partial charge in [-0.05, 0) is 26.0 Å². The number of benzene rings is 2. The average Bonchev–Trinajstić information content (AvgIpc) is 2.85. The van der Waals surface area contributed by atoms with Gasteiger partial charge in [-0.1, -0.05) is 60.2 Å². The van der Waals surface area contributed by atoms with Crippen LogP contribution in [0.4, 0.5) is 0 Å². The van der Waals surface area contributed by atoms with E-state index >= 15 is 0 Å². The van der Waals surface area contributed by atoms with Crippen molar-refractivity contribution in [2.75, 3.05) is 20.1 Å². The van der Waals surface area contributed by atoms with E-state index in [1.54, 1.807) is 0 Å². The summed E-state index contributed by atoms with van der Waals surface area (Å²) in [7, 11) is 2.19. The zero-order valence-electron chi connectivity index (χ0n) is 15.6. The smallest absolute Gasteiger partial charge is 0.133 e. The maximum atomic E-state index is 5.02. The van der Waals surface area contributed by atoms with Crippen LogP contribution in [0.5, 0.6) is 0 Å². The van der Waals surface area contributed by atoms with Crippen molar-refractivity contribution in [2.24, 2.45) is 0 Å². The fourth-order valence-corrected chi connectivity index (χ4v) is 3.57. The van der Waals surface area contributed by atoms with Gasteiger partial charge in [0.15, 0.2) is 0 Å². The van der Waals surface area contributed by atoms with Crippen LogP contribution in [0, 0.1) is 6.92 Å². The van der Waals surface area contributed by atoms with Crippen molar-refractivity contribution in [3.63, 3.8) is 0 Å². The number of hydrogen-bond donors (Lipinski definition) is 0. The molecule has 4 rings (SSSR count). The third kappa shape index (κ3) is 3.68.